The van der Waals surface area contributed by atoms with Crippen molar-refractivity contribution in [3.63, 3.8) is 0 Å². The van der Waals surface area contributed by atoms with E-state index in [1.807, 2.05) is 11.7 Å². The normalized spacial score (nSPS) is 13.7. The zero-order chi connectivity index (χ0) is 15.2. The fourth-order valence-corrected chi connectivity index (χ4v) is 2.08. The second-order valence-electron chi connectivity index (χ2n) is 6.38. The summed E-state index contributed by atoms with van der Waals surface area (Å²) in [7, 11) is 2.02. The number of aromatic nitrogens is 2. The number of hydrogen-bond donors (Lipinski definition) is 1. The van der Waals surface area contributed by atoms with Gasteiger partial charge < -0.3 is 10.1 Å². The van der Waals surface area contributed by atoms with Gasteiger partial charge in [-0.1, -0.05) is 13.8 Å². The Kier molecular flexibility index (Phi) is 6.69. The summed E-state index contributed by atoms with van der Waals surface area (Å²) in [6, 6.07) is 2.55. The molecule has 1 aromatic heterocycles. The zero-order valence-electron chi connectivity index (χ0n) is 14.0. The first-order chi connectivity index (χ1) is 9.35. The fourth-order valence-electron chi connectivity index (χ4n) is 2.08. The van der Waals surface area contributed by atoms with E-state index < -0.39 is 0 Å². The highest BCUT2D eigenvalue weighted by Gasteiger charge is 2.17. The van der Waals surface area contributed by atoms with Crippen molar-refractivity contribution in [1.29, 1.82) is 0 Å². The second-order valence-corrected chi connectivity index (χ2v) is 6.38. The van der Waals surface area contributed by atoms with Crippen LogP contribution in [0.2, 0.25) is 0 Å². The lowest BCUT2D eigenvalue weighted by atomic mass is 10.1. The summed E-state index contributed by atoms with van der Waals surface area (Å²) >= 11 is 0. The van der Waals surface area contributed by atoms with Gasteiger partial charge in [0.2, 0.25) is 0 Å². The number of rotatable bonds is 8. The Balaban J connectivity index is 2.64. The number of nitrogens with one attached hydrogen (secondary N) is 1. The zero-order valence-corrected chi connectivity index (χ0v) is 14.0. The summed E-state index contributed by atoms with van der Waals surface area (Å²) in [5.74, 6) is 0. The van der Waals surface area contributed by atoms with Crippen LogP contribution in [-0.2, 0) is 24.6 Å². The van der Waals surface area contributed by atoms with Crippen LogP contribution in [0.25, 0.3) is 0 Å². The van der Waals surface area contributed by atoms with Gasteiger partial charge in [-0.2, -0.15) is 5.10 Å². The summed E-state index contributed by atoms with van der Waals surface area (Å²) in [5.41, 5.74) is 2.34. The van der Waals surface area contributed by atoms with Crippen molar-refractivity contribution < 1.29 is 4.74 Å². The van der Waals surface area contributed by atoms with E-state index in [2.05, 4.69) is 51.1 Å². The van der Waals surface area contributed by atoms with E-state index in [0.29, 0.717) is 6.04 Å². The van der Waals surface area contributed by atoms with Crippen molar-refractivity contribution in [2.24, 2.45) is 7.05 Å². The van der Waals surface area contributed by atoms with Crippen LogP contribution >= 0.6 is 0 Å². The third kappa shape index (κ3) is 6.06. The minimum Gasteiger partial charge on any atom is -0.374 e. The molecule has 0 aliphatic carbocycles. The molecule has 0 saturated heterocycles. The summed E-state index contributed by atoms with van der Waals surface area (Å²) in [5, 5.41) is 8.10. The first-order valence-corrected chi connectivity index (χ1v) is 7.74. The average molecular weight is 281 g/mol. The maximum Gasteiger partial charge on any atom is 0.0630 e. The molecule has 0 radical (unpaired) electrons. The van der Waals surface area contributed by atoms with Gasteiger partial charge in [-0.3, -0.25) is 4.68 Å². The molecule has 0 aromatic carbocycles. The van der Waals surface area contributed by atoms with E-state index in [0.717, 1.165) is 38.1 Å². The van der Waals surface area contributed by atoms with Gasteiger partial charge in [0, 0.05) is 25.2 Å². The van der Waals surface area contributed by atoms with Crippen LogP contribution in [-0.4, -0.2) is 34.6 Å². The third-order valence-electron chi connectivity index (χ3n) is 3.25. The number of ether oxygens (including phenoxy) is 1. The predicted octanol–water partition coefficient (Wildman–Crippen LogP) is 2.71. The van der Waals surface area contributed by atoms with Crippen molar-refractivity contribution in [2.75, 3.05) is 13.2 Å². The molecule has 0 fully saturated rings. The predicted molar refractivity (Wildman–Crippen MR) is 84.1 cm³/mol. The largest absolute Gasteiger partial charge is 0.374 e. The third-order valence-corrected chi connectivity index (χ3v) is 3.25. The van der Waals surface area contributed by atoms with Gasteiger partial charge in [-0.25, -0.2) is 0 Å². The number of nitrogens with zero attached hydrogens (tertiary/aromatic N) is 2. The van der Waals surface area contributed by atoms with E-state index in [1.54, 1.807) is 0 Å². The van der Waals surface area contributed by atoms with E-state index in [9.17, 15) is 0 Å². The first kappa shape index (κ1) is 17.2. The Morgan fingerprint density at radius 1 is 1.35 bits per heavy atom. The SMILES string of the molecule is CCCNC(COC(C)(C)C)Cc1cc(CC)nn1C. The smallest absolute Gasteiger partial charge is 0.0630 e. The van der Waals surface area contributed by atoms with Crippen molar-refractivity contribution >= 4 is 0 Å². The van der Waals surface area contributed by atoms with Crippen molar-refractivity contribution in [1.82, 2.24) is 15.1 Å². The molecule has 0 spiro atoms. The monoisotopic (exact) mass is 281 g/mol. The highest BCUT2D eigenvalue weighted by Crippen LogP contribution is 2.11. The maximum absolute atomic E-state index is 5.94. The molecule has 1 atom stereocenters. The van der Waals surface area contributed by atoms with E-state index in [4.69, 9.17) is 4.74 Å². The van der Waals surface area contributed by atoms with Crippen LogP contribution in [0, 0.1) is 0 Å². The van der Waals surface area contributed by atoms with Gasteiger partial charge in [0.25, 0.3) is 0 Å². The Bertz CT molecular complexity index is 393. The molecule has 0 aliphatic heterocycles. The lowest BCUT2D eigenvalue weighted by Crippen LogP contribution is -2.39. The standard InChI is InChI=1S/C16H31N3O/c1-7-9-17-14(12-20-16(3,4)5)11-15-10-13(8-2)18-19(15)6/h10,14,17H,7-9,11-12H2,1-6H3. The van der Waals surface area contributed by atoms with Crippen LogP contribution in [0.15, 0.2) is 6.07 Å². The average Bonchev–Trinajstić information content (AvgIpc) is 2.72. The van der Waals surface area contributed by atoms with Crippen molar-refractivity contribution in [3.05, 3.63) is 17.5 Å². The molecule has 4 heteroatoms. The van der Waals surface area contributed by atoms with Gasteiger partial charge in [0.15, 0.2) is 0 Å². The van der Waals surface area contributed by atoms with Crippen molar-refractivity contribution in [3.8, 4) is 0 Å². The lowest BCUT2D eigenvalue weighted by molar-refractivity contribution is -0.0145. The lowest BCUT2D eigenvalue weighted by Gasteiger charge is -2.25. The molecule has 4 nitrogen and oxygen atoms in total. The first-order valence-electron chi connectivity index (χ1n) is 7.74. The molecule has 0 bridgehead atoms. The van der Waals surface area contributed by atoms with Crippen LogP contribution in [0.1, 0.15) is 52.4 Å². The Labute approximate surface area is 123 Å². The summed E-state index contributed by atoms with van der Waals surface area (Å²) in [6.07, 6.45) is 3.08. The summed E-state index contributed by atoms with van der Waals surface area (Å²) < 4.78 is 7.94. The fraction of sp³-hybridized carbons (Fsp3) is 0.812. The van der Waals surface area contributed by atoms with Crippen LogP contribution in [0.5, 0.6) is 0 Å². The topological polar surface area (TPSA) is 39.1 Å². The van der Waals surface area contributed by atoms with Gasteiger partial charge >= 0.3 is 0 Å². The van der Waals surface area contributed by atoms with E-state index >= 15 is 0 Å². The molecule has 1 aromatic rings. The Morgan fingerprint density at radius 2 is 2.05 bits per heavy atom. The number of hydrogen-bond acceptors (Lipinski definition) is 3. The van der Waals surface area contributed by atoms with Gasteiger partial charge in [0.1, 0.15) is 0 Å². The molecule has 1 unspecified atom stereocenters. The Hall–Kier alpha value is -0.870. The molecule has 0 saturated carbocycles. The van der Waals surface area contributed by atoms with Crippen LogP contribution in [0.4, 0.5) is 0 Å². The molecule has 0 amide bonds. The summed E-state index contributed by atoms with van der Waals surface area (Å²) in [4.78, 5) is 0. The molecule has 1 rings (SSSR count). The van der Waals surface area contributed by atoms with Gasteiger partial charge in [-0.15, -0.1) is 0 Å². The minimum absolute atomic E-state index is 0.0901. The maximum atomic E-state index is 5.94. The molecule has 1 heterocycles. The summed E-state index contributed by atoms with van der Waals surface area (Å²) in [6.45, 7) is 12.4. The van der Waals surface area contributed by atoms with Gasteiger partial charge in [0.05, 0.1) is 17.9 Å². The second kappa shape index (κ2) is 7.79. The van der Waals surface area contributed by atoms with Crippen molar-refractivity contribution in [2.45, 2.75) is 65.5 Å². The molecular weight excluding hydrogens is 250 g/mol. The van der Waals surface area contributed by atoms with E-state index in [-0.39, 0.29) is 5.60 Å². The Morgan fingerprint density at radius 3 is 2.55 bits per heavy atom. The highest BCUT2D eigenvalue weighted by atomic mass is 16.5. The molecule has 20 heavy (non-hydrogen) atoms. The minimum atomic E-state index is -0.0901. The molecule has 116 valence electrons. The molecule has 0 aliphatic rings. The molecular formula is C16H31N3O. The van der Waals surface area contributed by atoms with E-state index in [1.165, 1.54) is 5.69 Å². The van der Waals surface area contributed by atoms with Gasteiger partial charge in [-0.05, 0) is 46.2 Å². The molecule has 1 N–H and O–H groups in total. The van der Waals surface area contributed by atoms with Crippen LogP contribution in [0.3, 0.4) is 0 Å². The van der Waals surface area contributed by atoms with Crippen LogP contribution < -0.4 is 5.32 Å². The highest BCUT2D eigenvalue weighted by molar-refractivity contribution is 5.11. The quantitative estimate of drug-likeness (QED) is 0.796. The number of aryl methyl sites for hydroxylation is 2.